The molecule has 2 aromatic heterocycles. The molecule has 5 nitrogen and oxygen atoms in total. The Hall–Kier alpha value is -1.39. The highest BCUT2D eigenvalue weighted by atomic mass is 127. The van der Waals surface area contributed by atoms with Gasteiger partial charge in [-0.1, -0.05) is 5.16 Å². The molecule has 0 radical (unpaired) electrons. The van der Waals surface area contributed by atoms with Crippen molar-refractivity contribution in [3.63, 3.8) is 0 Å². The lowest BCUT2D eigenvalue weighted by Gasteiger charge is -2.10. The molecule has 0 saturated heterocycles. The first kappa shape index (κ1) is 15.0. The van der Waals surface area contributed by atoms with Crippen molar-refractivity contribution in [2.75, 3.05) is 11.9 Å². The third-order valence-electron chi connectivity index (χ3n) is 2.34. The average molecular weight is 398 g/mol. The second-order valence-corrected chi connectivity index (χ2v) is 5.10. The van der Waals surface area contributed by atoms with Crippen LogP contribution in [0.25, 0.3) is 0 Å². The number of alkyl halides is 3. The third kappa shape index (κ3) is 3.81. The van der Waals surface area contributed by atoms with Crippen LogP contribution in [0.2, 0.25) is 0 Å². The van der Waals surface area contributed by atoms with Crippen molar-refractivity contribution in [2.45, 2.75) is 19.5 Å². The molecule has 0 aliphatic heterocycles. The smallest absolute Gasteiger partial charge is 0.369 e. The van der Waals surface area contributed by atoms with Gasteiger partial charge in [-0.05, 0) is 41.6 Å². The summed E-state index contributed by atoms with van der Waals surface area (Å²) in [5.74, 6) is 1.14. The van der Waals surface area contributed by atoms with E-state index in [1.807, 2.05) is 22.6 Å². The lowest BCUT2D eigenvalue weighted by Crippen LogP contribution is -2.13. The highest BCUT2D eigenvalue weighted by Crippen LogP contribution is 2.29. The van der Waals surface area contributed by atoms with Gasteiger partial charge in [-0.3, -0.25) is 0 Å². The van der Waals surface area contributed by atoms with Crippen molar-refractivity contribution in [1.82, 2.24) is 15.1 Å². The number of halogens is 4. The van der Waals surface area contributed by atoms with E-state index in [9.17, 15) is 13.2 Å². The van der Waals surface area contributed by atoms with Crippen LogP contribution in [-0.2, 0) is 12.6 Å². The largest absolute Gasteiger partial charge is 0.433 e. The fourth-order valence-corrected chi connectivity index (χ4v) is 1.94. The number of nitrogens with zero attached hydrogens (tertiary/aromatic N) is 3. The molecule has 0 bridgehead atoms. The minimum Gasteiger partial charge on any atom is -0.369 e. The van der Waals surface area contributed by atoms with Gasteiger partial charge in [-0.25, -0.2) is 4.98 Å². The van der Waals surface area contributed by atoms with E-state index < -0.39 is 11.9 Å². The Balaban J connectivity index is 2.02. The van der Waals surface area contributed by atoms with Crippen LogP contribution in [-0.4, -0.2) is 21.7 Å². The Labute approximate surface area is 126 Å². The molecule has 9 heteroatoms. The molecule has 0 aliphatic rings. The van der Waals surface area contributed by atoms with E-state index in [0.29, 0.717) is 28.3 Å². The van der Waals surface area contributed by atoms with E-state index in [1.54, 1.807) is 6.92 Å². The number of hydrogen-bond acceptors (Lipinski definition) is 5. The number of rotatable bonds is 4. The summed E-state index contributed by atoms with van der Waals surface area (Å²) in [6.45, 7) is 2.05. The van der Waals surface area contributed by atoms with Crippen LogP contribution in [0, 0.1) is 10.5 Å². The Morgan fingerprint density at radius 2 is 2.05 bits per heavy atom. The quantitative estimate of drug-likeness (QED) is 0.803. The summed E-state index contributed by atoms with van der Waals surface area (Å²) in [6, 6.07) is 2.32. The maximum Gasteiger partial charge on any atom is 0.433 e. The molecule has 2 aromatic rings. The van der Waals surface area contributed by atoms with E-state index in [1.165, 1.54) is 6.07 Å². The Bertz CT molecular complexity index is 600. The summed E-state index contributed by atoms with van der Waals surface area (Å²) >= 11 is 1.92. The van der Waals surface area contributed by atoms with Gasteiger partial charge in [0.25, 0.3) is 0 Å². The first-order valence-electron chi connectivity index (χ1n) is 5.63. The number of aromatic nitrogens is 3. The number of hydrogen-bond donors (Lipinski definition) is 1. The molecule has 0 saturated carbocycles. The Morgan fingerprint density at radius 1 is 1.30 bits per heavy atom. The predicted octanol–water partition coefficient (Wildman–Crippen LogP) is 3.05. The van der Waals surface area contributed by atoms with Gasteiger partial charge in [0.1, 0.15) is 11.5 Å². The third-order valence-corrected chi connectivity index (χ3v) is 3.21. The minimum atomic E-state index is -4.45. The Kier molecular flexibility index (Phi) is 4.45. The topological polar surface area (TPSA) is 63.8 Å². The molecular formula is C11H10F3IN4O. The van der Waals surface area contributed by atoms with Gasteiger partial charge >= 0.3 is 6.18 Å². The summed E-state index contributed by atoms with van der Waals surface area (Å²) in [5.41, 5.74) is -0.922. The van der Waals surface area contributed by atoms with Gasteiger partial charge < -0.3 is 9.84 Å². The molecule has 0 atom stereocenters. The number of anilines is 1. The van der Waals surface area contributed by atoms with Crippen molar-refractivity contribution in [3.8, 4) is 0 Å². The number of aryl methyl sites for hydroxylation is 1. The van der Waals surface area contributed by atoms with Crippen LogP contribution in [0.15, 0.2) is 16.7 Å². The average Bonchev–Trinajstić information content (AvgIpc) is 2.76. The SMILES string of the molecule is Cc1noc(CCNc2nc(C(F)(F)F)ccc2I)n1. The maximum absolute atomic E-state index is 12.6. The van der Waals surface area contributed by atoms with Gasteiger partial charge in [0, 0.05) is 13.0 Å². The van der Waals surface area contributed by atoms with E-state index in [0.717, 1.165) is 6.07 Å². The van der Waals surface area contributed by atoms with E-state index in [-0.39, 0.29) is 5.82 Å². The molecule has 20 heavy (non-hydrogen) atoms. The zero-order valence-corrected chi connectivity index (χ0v) is 12.5. The van der Waals surface area contributed by atoms with Gasteiger partial charge in [-0.2, -0.15) is 18.2 Å². The predicted molar refractivity (Wildman–Crippen MR) is 73.2 cm³/mol. The van der Waals surface area contributed by atoms with E-state index in [2.05, 4.69) is 20.4 Å². The first-order chi connectivity index (χ1) is 9.36. The maximum atomic E-state index is 12.6. The molecule has 2 rings (SSSR count). The zero-order chi connectivity index (χ0) is 14.8. The molecule has 0 aromatic carbocycles. The van der Waals surface area contributed by atoms with E-state index in [4.69, 9.17) is 4.52 Å². The number of pyridine rings is 1. The highest BCUT2D eigenvalue weighted by molar-refractivity contribution is 14.1. The van der Waals surface area contributed by atoms with Crippen molar-refractivity contribution in [2.24, 2.45) is 0 Å². The molecule has 0 aliphatic carbocycles. The first-order valence-corrected chi connectivity index (χ1v) is 6.71. The monoisotopic (exact) mass is 398 g/mol. The van der Waals surface area contributed by atoms with Crippen molar-refractivity contribution >= 4 is 28.4 Å². The van der Waals surface area contributed by atoms with Crippen LogP contribution in [0.1, 0.15) is 17.4 Å². The van der Waals surface area contributed by atoms with Crippen molar-refractivity contribution in [3.05, 3.63) is 33.1 Å². The molecule has 108 valence electrons. The molecule has 0 spiro atoms. The zero-order valence-electron chi connectivity index (χ0n) is 10.3. The molecule has 1 N–H and O–H groups in total. The molecule has 0 fully saturated rings. The summed E-state index contributed by atoms with van der Waals surface area (Å²) < 4.78 is 43.2. The standard InChI is InChI=1S/C11H10F3IN4O/c1-6-17-9(20-19-6)4-5-16-10-7(15)2-3-8(18-10)11(12,13)14/h2-3H,4-5H2,1H3,(H,16,18). The van der Waals surface area contributed by atoms with Crippen molar-refractivity contribution in [1.29, 1.82) is 0 Å². The lowest BCUT2D eigenvalue weighted by molar-refractivity contribution is -0.141. The van der Waals surface area contributed by atoms with Crippen LogP contribution in [0.4, 0.5) is 19.0 Å². The van der Waals surface area contributed by atoms with Gasteiger partial charge in [0.05, 0.1) is 3.57 Å². The van der Waals surface area contributed by atoms with Crippen LogP contribution < -0.4 is 5.32 Å². The fraction of sp³-hybridized carbons (Fsp3) is 0.364. The number of nitrogens with one attached hydrogen (secondary N) is 1. The fourth-order valence-electron chi connectivity index (χ4n) is 1.45. The van der Waals surface area contributed by atoms with Gasteiger partial charge in [0.2, 0.25) is 5.89 Å². The van der Waals surface area contributed by atoms with Crippen LogP contribution in [0.5, 0.6) is 0 Å². The van der Waals surface area contributed by atoms with E-state index >= 15 is 0 Å². The molecule has 2 heterocycles. The Morgan fingerprint density at radius 3 is 2.65 bits per heavy atom. The second-order valence-electron chi connectivity index (χ2n) is 3.94. The van der Waals surface area contributed by atoms with Crippen LogP contribution >= 0.6 is 22.6 Å². The summed E-state index contributed by atoms with van der Waals surface area (Å²) in [5, 5.41) is 6.46. The summed E-state index contributed by atoms with van der Waals surface area (Å²) in [6.07, 6.45) is -4.04. The summed E-state index contributed by atoms with van der Waals surface area (Å²) in [7, 11) is 0. The van der Waals surface area contributed by atoms with Crippen molar-refractivity contribution < 1.29 is 17.7 Å². The van der Waals surface area contributed by atoms with Gasteiger partial charge in [-0.15, -0.1) is 0 Å². The highest BCUT2D eigenvalue weighted by Gasteiger charge is 2.32. The molecule has 0 unspecified atom stereocenters. The lowest BCUT2D eigenvalue weighted by atomic mass is 10.3. The van der Waals surface area contributed by atoms with Crippen LogP contribution in [0.3, 0.4) is 0 Å². The van der Waals surface area contributed by atoms with Gasteiger partial charge in [0.15, 0.2) is 5.82 Å². The second kappa shape index (κ2) is 5.94. The normalized spacial score (nSPS) is 11.7. The minimum absolute atomic E-state index is 0.191. The molecule has 0 amide bonds. The molecular weight excluding hydrogens is 388 g/mol. The summed E-state index contributed by atoms with van der Waals surface area (Å²) in [4.78, 5) is 7.57.